The monoisotopic (exact) mass is 463 g/mol. The third kappa shape index (κ3) is 4.75. The van der Waals surface area contributed by atoms with Gasteiger partial charge in [0.25, 0.3) is 0 Å². The van der Waals surface area contributed by atoms with Crippen molar-refractivity contribution in [3.63, 3.8) is 0 Å². The number of benzene rings is 1. The van der Waals surface area contributed by atoms with E-state index in [1.54, 1.807) is 10.9 Å². The lowest BCUT2D eigenvalue weighted by Crippen LogP contribution is -2.44. The number of aromatic nitrogens is 4. The number of fused-ring (bicyclic) bond motifs is 1. The molecule has 0 aliphatic carbocycles. The average Bonchev–Trinajstić information content (AvgIpc) is 3.16. The van der Waals surface area contributed by atoms with Gasteiger partial charge in [-0.15, -0.1) is 5.10 Å². The van der Waals surface area contributed by atoms with Crippen LogP contribution in [0.5, 0.6) is 0 Å². The fourth-order valence-corrected chi connectivity index (χ4v) is 3.49. The van der Waals surface area contributed by atoms with E-state index in [-0.39, 0.29) is 31.3 Å². The van der Waals surface area contributed by atoms with E-state index in [0.717, 1.165) is 17.1 Å². The number of nitrogens with one attached hydrogen (secondary N) is 2. The molecule has 0 saturated heterocycles. The van der Waals surface area contributed by atoms with E-state index in [0.29, 0.717) is 35.2 Å². The molecule has 1 aromatic carbocycles. The van der Waals surface area contributed by atoms with Crippen molar-refractivity contribution in [1.29, 1.82) is 0 Å². The van der Waals surface area contributed by atoms with E-state index in [1.807, 2.05) is 31.9 Å². The Morgan fingerprint density at radius 3 is 2.87 bits per heavy atom. The zero-order valence-electron chi connectivity index (χ0n) is 17.3. The van der Waals surface area contributed by atoms with Gasteiger partial charge in [-0.2, -0.15) is 13.5 Å². The van der Waals surface area contributed by atoms with Crippen LogP contribution in [-0.4, -0.2) is 39.0 Å². The van der Waals surface area contributed by atoms with Crippen LogP contribution in [0.2, 0.25) is 5.02 Å². The molecule has 0 bridgehead atoms. The van der Waals surface area contributed by atoms with E-state index in [2.05, 4.69) is 25.9 Å². The summed E-state index contributed by atoms with van der Waals surface area (Å²) in [5.74, 6) is 0.274. The lowest BCUT2D eigenvalue weighted by Gasteiger charge is -2.34. The highest BCUT2D eigenvalue weighted by Gasteiger charge is 2.28. The van der Waals surface area contributed by atoms with Crippen molar-refractivity contribution in [2.45, 2.75) is 33.0 Å². The molecular weight excluding hydrogens is 441 g/mol. The van der Waals surface area contributed by atoms with Crippen molar-refractivity contribution in [3.05, 3.63) is 58.3 Å². The van der Waals surface area contributed by atoms with E-state index >= 15 is 0 Å². The van der Waals surface area contributed by atoms with E-state index in [4.69, 9.17) is 11.6 Å². The predicted molar refractivity (Wildman–Crippen MR) is 124 cm³/mol. The summed E-state index contributed by atoms with van der Waals surface area (Å²) in [6.07, 6.45) is 1.77. The van der Waals surface area contributed by atoms with Crippen molar-refractivity contribution in [3.8, 4) is 0 Å². The summed E-state index contributed by atoms with van der Waals surface area (Å²) < 4.78 is 15.0. The number of hydrogen-bond acceptors (Lipinski definition) is 6. The largest absolute Gasteiger partial charge is 0.364 e. The highest BCUT2D eigenvalue weighted by molar-refractivity contribution is 7.59. The number of amides is 1. The van der Waals surface area contributed by atoms with Crippen LogP contribution in [-0.2, 0) is 17.9 Å². The standard InChI is InChI=1S/C20H21ClFN7O.H2S/c1-11-19-17(28(3)12(2)20(30)25-19)7-18(24-11)23-8-15-10-29(27-26-15)9-13-6-14(22)4-5-16(13)21;/h4-7,10,12H,8-9H2,1-3H3,(H,23,24)(H,25,30);1H2/t12-;/m0./s1. The molecule has 2 N–H and O–H groups in total. The first kappa shape index (κ1) is 22.8. The number of rotatable bonds is 5. The van der Waals surface area contributed by atoms with Gasteiger partial charge >= 0.3 is 0 Å². The van der Waals surface area contributed by atoms with Crippen LogP contribution in [0.15, 0.2) is 30.5 Å². The molecule has 1 aliphatic heterocycles. The second-order valence-electron chi connectivity index (χ2n) is 7.26. The minimum absolute atomic E-state index is 0. The first-order valence-electron chi connectivity index (χ1n) is 9.44. The molecule has 1 aliphatic rings. The summed E-state index contributed by atoms with van der Waals surface area (Å²) in [7, 11) is 1.88. The van der Waals surface area contributed by atoms with E-state index in [1.165, 1.54) is 18.2 Å². The van der Waals surface area contributed by atoms with Crippen LogP contribution in [0, 0.1) is 12.7 Å². The van der Waals surface area contributed by atoms with Gasteiger partial charge in [0.05, 0.1) is 36.4 Å². The Morgan fingerprint density at radius 1 is 1.32 bits per heavy atom. The molecule has 1 atom stereocenters. The van der Waals surface area contributed by atoms with E-state index < -0.39 is 0 Å². The number of likely N-dealkylation sites (N-methyl/N-ethyl adjacent to an activating group) is 1. The summed E-state index contributed by atoms with van der Waals surface area (Å²) in [5, 5.41) is 14.9. The molecule has 8 nitrogen and oxygen atoms in total. The molecule has 1 amide bonds. The molecule has 11 heteroatoms. The van der Waals surface area contributed by atoms with Crippen molar-refractivity contribution < 1.29 is 9.18 Å². The zero-order valence-corrected chi connectivity index (χ0v) is 19.0. The Balaban J connectivity index is 0.00000272. The third-order valence-corrected chi connectivity index (χ3v) is 5.51. The number of anilines is 3. The van der Waals surface area contributed by atoms with Gasteiger partial charge in [-0.05, 0) is 37.6 Å². The number of nitrogens with zero attached hydrogens (tertiary/aromatic N) is 5. The average molecular weight is 464 g/mol. The lowest BCUT2D eigenvalue weighted by molar-refractivity contribution is -0.117. The SMILES string of the molecule is Cc1nc(NCc2cn(Cc3cc(F)ccc3Cl)nn2)cc2c1NC(=O)[C@H](C)N2C.S. The fraction of sp³-hybridized carbons (Fsp3) is 0.300. The molecule has 0 spiro atoms. The topological polar surface area (TPSA) is 88.0 Å². The first-order chi connectivity index (χ1) is 14.3. The first-order valence-corrected chi connectivity index (χ1v) is 9.82. The number of pyridine rings is 1. The smallest absolute Gasteiger partial charge is 0.246 e. The number of hydrogen-bond donors (Lipinski definition) is 2. The van der Waals surface area contributed by atoms with Crippen molar-refractivity contribution in [2.75, 3.05) is 22.6 Å². The second-order valence-corrected chi connectivity index (χ2v) is 7.67. The van der Waals surface area contributed by atoms with Gasteiger partial charge in [0, 0.05) is 18.1 Å². The van der Waals surface area contributed by atoms with E-state index in [9.17, 15) is 9.18 Å². The predicted octanol–water partition coefficient (Wildman–Crippen LogP) is 3.32. The van der Waals surface area contributed by atoms with Gasteiger partial charge in [-0.3, -0.25) is 4.79 Å². The van der Waals surface area contributed by atoms with Gasteiger partial charge in [0.2, 0.25) is 5.91 Å². The third-order valence-electron chi connectivity index (χ3n) is 5.14. The van der Waals surface area contributed by atoms with Crippen molar-refractivity contribution >= 4 is 48.2 Å². The Hall–Kier alpha value is -2.85. The minimum Gasteiger partial charge on any atom is -0.364 e. The van der Waals surface area contributed by atoms with Gasteiger partial charge in [0.1, 0.15) is 23.4 Å². The maximum absolute atomic E-state index is 13.4. The van der Waals surface area contributed by atoms with Gasteiger partial charge in [-0.1, -0.05) is 16.8 Å². The highest BCUT2D eigenvalue weighted by Crippen LogP contribution is 2.34. The van der Waals surface area contributed by atoms with Crippen LogP contribution < -0.4 is 15.5 Å². The molecule has 0 radical (unpaired) electrons. The summed E-state index contributed by atoms with van der Waals surface area (Å²) in [6.45, 7) is 4.44. The molecule has 3 heterocycles. The quantitative estimate of drug-likeness (QED) is 0.603. The molecule has 0 saturated carbocycles. The lowest BCUT2D eigenvalue weighted by atomic mass is 10.1. The molecule has 0 fully saturated rings. The normalized spacial score (nSPS) is 15.2. The van der Waals surface area contributed by atoms with Gasteiger partial charge in [0.15, 0.2) is 0 Å². The Bertz CT molecular complexity index is 1120. The minimum atomic E-state index is -0.347. The van der Waals surface area contributed by atoms with Crippen LogP contribution in [0.1, 0.15) is 23.9 Å². The van der Waals surface area contributed by atoms with Crippen molar-refractivity contribution in [1.82, 2.24) is 20.0 Å². The molecule has 164 valence electrons. The van der Waals surface area contributed by atoms with Gasteiger partial charge < -0.3 is 15.5 Å². The zero-order chi connectivity index (χ0) is 21.4. The number of carbonyl (C=O) groups is 1. The maximum atomic E-state index is 13.4. The molecular formula is C20H23ClFN7OS. The highest BCUT2D eigenvalue weighted by atomic mass is 35.5. The van der Waals surface area contributed by atoms with Crippen LogP contribution in [0.4, 0.5) is 21.6 Å². The summed E-state index contributed by atoms with van der Waals surface area (Å²) in [4.78, 5) is 18.5. The Kier molecular flexibility index (Phi) is 6.71. The Morgan fingerprint density at radius 2 is 2.10 bits per heavy atom. The number of carbonyl (C=O) groups excluding carboxylic acids is 1. The van der Waals surface area contributed by atoms with Crippen LogP contribution in [0.25, 0.3) is 0 Å². The molecule has 3 aromatic rings. The summed E-state index contributed by atoms with van der Waals surface area (Å²) in [6, 6.07) is 5.87. The molecule has 0 unspecified atom stereocenters. The molecule has 31 heavy (non-hydrogen) atoms. The van der Waals surface area contributed by atoms with Crippen molar-refractivity contribution in [2.24, 2.45) is 0 Å². The summed E-state index contributed by atoms with van der Waals surface area (Å²) >= 11 is 6.12. The number of halogens is 2. The second kappa shape index (κ2) is 9.11. The van der Waals surface area contributed by atoms with Gasteiger partial charge in [-0.25, -0.2) is 14.1 Å². The Labute approximate surface area is 191 Å². The molecule has 2 aromatic heterocycles. The van der Waals surface area contributed by atoms with Crippen LogP contribution in [0.3, 0.4) is 0 Å². The summed E-state index contributed by atoms with van der Waals surface area (Å²) in [5.41, 5.74) is 3.69. The fourth-order valence-electron chi connectivity index (χ4n) is 3.31. The molecule has 4 rings (SSSR count). The van der Waals surface area contributed by atoms with Crippen LogP contribution >= 0.6 is 25.1 Å². The number of aryl methyl sites for hydroxylation is 1. The maximum Gasteiger partial charge on any atom is 0.246 e.